The number of hydrogen-bond donors (Lipinski definition) is 1. The van der Waals surface area contributed by atoms with E-state index in [1.165, 1.54) is 21.3 Å². The maximum atomic E-state index is 12.9. The highest BCUT2D eigenvalue weighted by Crippen LogP contribution is 2.43. The van der Waals surface area contributed by atoms with Gasteiger partial charge in [0, 0.05) is 17.2 Å². The number of ketones is 1. The second-order valence-corrected chi connectivity index (χ2v) is 6.48. The number of nitrogens with zero attached hydrogens (tertiary/aromatic N) is 1. The van der Waals surface area contributed by atoms with Gasteiger partial charge in [0.05, 0.1) is 32.9 Å². The number of amides is 1. The summed E-state index contributed by atoms with van der Waals surface area (Å²) in [6.07, 6.45) is 0. The average Bonchev–Trinajstić information content (AvgIpc) is 3.03. The van der Waals surface area contributed by atoms with Crippen LogP contribution in [-0.2, 0) is 19.1 Å². The number of benzene rings is 2. The first-order chi connectivity index (χ1) is 14.4. The van der Waals surface area contributed by atoms with Crippen molar-refractivity contribution in [3.8, 4) is 11.5 Å². The Morgan fingerprint density at radius 1 is 1.03 bits per heavy atom. The van der Waals surface area contributed by atoms with Crippen LogP contribution in [0.15, 0.2) is 54.1 Å². The SMILES string of the molecule is COC(=O)CN1C(=O)C(=O)C(=C(O)c2ccccc2)C1c1ccc(OC)cc1OC. The van der Waals surface area contributed by atoms with Gasteiger partial charge >= 0.3 is 5.97 Å². The number of carbonyl (C=O) groups excluding carboxylic acids is 3. The first-order valence-electron chi connectivity index (χ1n) is 9.05. The van der Waals surface area contributed by atoms with E-state index in [9.17, 15) is 19.5 Å². The molecule has 1 N–H and O–H groups in total. The van der Waals surface area contributed by atoms with Gasteiger partial charge in [0.1, 0.15) is 23.8 Å². The Bertz CT molecular complexity index is 1010. The Hall–Kier alpha value is -3.81. The number of Topliss-reactive ketones (excluding diaryl/α,β-unsaturated/α-hetero) is 1. The maximum Gasteiger partial charge on any atom is 0.325 e. The minimum Gasteiger partial charge on any atom is -0.507 e. The Balaban J connectivity index is 2.24. The van der Waals surface area contributed by atoms with Crippen molar-refractivity contribution in [2.75, 3.05) is 27.9 Å². The molecule has 156 valence electrons. The van der Waals surface area contributed by atoms with Crippen LogP contribution in [0.4, 0.5) is 0 Å². The first-order valence-corrected chi connectivity index (χ1v) is 9.05. The Kier molecular flexibility index (Phi) is 6.06. The molecule has 8 nitrogen and oxygen atoms in total. The van der Waals surface area contributed by atoms with Crippen LogP contribution in [-0.4, -0.2) is 55.5 Å². The molecule has 1 aliphatic rings. The highest BCUT2D eigenvalue weighted by atomic mass is 16.5. The molecule has 2 aromatic carbocycles. The number of aliphatic hydroxyl groups excluding tert-OH is 1. The summed E-state index contributed by atoms with van der Waals surface area (Å²) in [6.45, 7) is -0.466. The van der Waals surface area contributed by atoms with Crippen LogP contribution in [0, 0.1) is 0 Å². The monoisotopic (exact) mass is 411 g/mol. The molecule has 1 saturated heterocycles. The average molecular weight is 411 g/mol. The van der Waals surface area contributed by atoms with Gasteiger partial charge in [-0.25, -0.2) is 0 Å². The second kappa shape index (κ2) is 8.69. The molecule has 0 spiro atoms. The normalized spacial score (nSPS) is 17.7. The van der Waals surface area contributed by atoms with E-state index >= 15 is 0 Å². The second-order valence-electron chi connectivity index (χ2n) is 6.48. The molecule has 0 aromatic heterocycles. The highest BCUT2D eigenvalue weighted by molar-refractivity contribution is 6.47. The third kappa shape index (κ3) is 3.71. The van der Waals surface area contributed by atoms with E-state index in [-0.39, 0.29) is 11.3 Å². The molecular weight excluding hydrogens is 390 g/mol. The van der Waals surface area contributed by atoms with Crippen molar-refractivity contribution in [1.29, 1.82) is 0 Å². The summed E-state index contributed by atoms with van der Waals surface area (Å²) < 4.78 is 15.3. The Morgan fingerprint density at radius 3 is 2.33 bits per heavy atom. The molecule has 30 heavy (non-hydrogen) atoms. The van der Waals surface area contributed by atoms with Crippen LogP contribution in [0.5, 0.6) is 11.5 Å². The third-order valence-electron chi connectivity index (χ3n) is 4.85. The lowest BCUT2D eigenvalue weighted by Crippen LogP contribution is -2.35. The van der Waals surface area contributed by atoms with Gasteiger partial charge in [-0.05, 0) is 12.1 Å². The largest absolute Gasteiger partial charge is 0.507 e. The lowest BCUT2D eigenvalue weighted by molar-refractivity contribution is -0.148. The van der Waals surface area contributed by atoms with Crippen molar-refractivity contribution in [3.63, 3.8) is 0 Å². The molecule has 0 bridgehead atoms. The molecule has 2 aromatic rings. The number of aliphatic hydroxyl groups is 1. The van der Waals surface area contributed by atoms with Crippen LogP contribution in [0.25, 0.3) is 5.76 Å². The summed E-state index contributed by atoms with van der Waals surface area (Å²) in [5.74, 6) is -2.03. The number of ether oxygens (including phenoxy) is 3. The number of rotatable bonds is 6. The number of likely N-dealkylation sites (tertiary alicyclic amines) is 1. The van der Waals surface area contributed by atoms with Crippen LogP contribution in [0.1, 0.15) is 17.2 Å². The molecule has 1 unspecified atom stereocenters. The fraction of sp³-hybridized carbons (Fsp3) is 0.227. The predicted molar refractivity (Wildman–Crippen MR) is 107 cm³/mol. The van der Waals surface area contributed by atoms with Crippen molar-refractivity contribution in [1.82, 2.24) is 4.90 Å². The summed E-state index contributed by atoms with van der Waals surface area (Å²) in [7, 11) is 4.11. The molecule has 8 heteroatoms. The number of methoxy groups -OCH3 is 3. The molecule has 1 heterocycles. The van der Waals surface area contributed by atoms with Gasteiger partial charge in [0.15, 0.2) is 0 Å². The summed E-state index contributed by atoms with van der Waals surface area (Å²) in [5, 5.41) is 10.9. The van der Waals surface area contributed by atoms with Crippen LogP contribution >= 0.6 is 0 Å². The highest BCUT2D eigenvalue weighted by Gasteiger charge is 2.48. The maximum absolute atomic E-state index is 12.9. The molecule has 0 aliphatic carbocycles. The molecule has 1 amide bonds. The van der Waals surface area contributed by atoms with Crippen molar-refractivity contribution in [2.24, 2.45) is 0 Å². The van der Waals surface area contributed by atoms with Gasteiger partial charge in [-0.2, -0.15) is 0 Å². The number of esters is 1. The zero-order valence-electron chi connectivity index (χ0n) is 16.7. The topological polar surface area (TPSA) is 102 Å². The zero-order chi connectivity index (χ0) is 21.8. The lowest BCUT2D eigenvalue weighted by Gasteiger charge is -2.25. The minimum atomic E-state index is -1.05. The van der Waals surface area contributed by atoms with Gasteiger partial charge in [-0.3, -0.25) is 14.4 Å². The predicted octanol–water partition coefficient (Wildman–Crippen LogP) is 2.30. The van der Waals surface area contributed by atoms with E-state index in [0.717, 1.165) is 4.90 Å². The van der Waals surface area contributed by atoms with E-state index < -0.39 is 30.2 Å². The van der Waals surface area contributed by atoms with Gasteiger partial charge in [0.2, 0.25) is 0 Å². The third-order valence-corrected chi connectivity index (χ3v) is 4.85. The summed E-state index contributed by atoms with van der Waals surface area (Å²) >= 11 is 0. The van der Waals surface area contributed by atoms with E-state index in [4.69, 9.17) is 9.47 Å². The fourth-order valence-corrected chi connectivity index (χ4v) is 3.37. The van der Waals surface area contributed by atoms with E-state index in [0.29, 0.717) is 22.6 Å². The molecule has 0 saturated carbocycles. The van der Waals surface area contributed by atoms with Gasteiger partial charge in [0.25, 0.3) is 11.7 Å². The number of carbonyl (C=O) groups is 3. The van der Waals surface area contributed by atoms with Crippen molar-refractivity contribution in [3.05, 3.63) is 65.2 Å². The molecule has 1 atom stereocenters. The number of hydrogen-bond acceptors (Lipinski definition) is 7. The first kappa shape index (κ1) is 20.9. The van der Waals surface area contributed by atoms with Crippen LogP contribution < -0.4 is 9.47 Å². The lowest BCUT2D eigenvalue weighted by atomic mass is 9.94. The van der Waals surface area contributed by atoms with Crippen molar-refractivity contribution < 1.29 is 33.7 Å². The summed E-state index contributed by atoms with van der Waals surface area (Å²) in [4.78, 5) is 38.7. The Labute approximate surface area is 173 Å². The molecule has 1 fully saturated rings. The van der Waals surface area contributed by atoms with Crippen LogP contribution in [0.2, 0.25) is 0 Å². The van der Waals surface area contributed by atoms with Gasteiger partial charge in [-0.15, -0.1) is 0 Å². The molecule has 1 aliphatic heterocycles. The molecular formula is C22H21NO7. The standard InChI is InChI=1S/C22H21NO7/c1-28-14-9-10-15(16(11-14)29-2)19-18(20(25)13-7-5-4-6-8-13)21(26)22(27)23(19)12-17(24)30-3/h4-11,19,25H,12H2,1-3H3. The van der Waals surface area contributed by atoms with Crippen molar-refractivity contribution >= 4 is 23.4 Å². The summed E-state index contributed by atoms with van der Waals surface area (Å²) in [5.41, 5.74) is 0.642. The quantitative estimate of drug-likeness (QED) is 0.337. The van der Waals surface area contributed by atoms with Crippen LogP contribution in [0.3, 0.4) is 0 Å². The smallest absolute Gasteiger partial charge is 0.325 e. The van der Waals surface area contributed by atoms with Gasteiger partial charge in [-0.1, -0.05) is 30.3 Å². The summed E-state index contributed by atoms with van der Waals surface area (Å²) in [6, 6.07) is 12.2. The Morgan fingerprint density at radius 2 is 1.73 bits per heavy atom. The van der Waals surface area contributed by atoms with E-state index in [1.54, 1.807) is 48.5 Å². The molecule has 0 radical (unpaired) electrons. The van der Waals surface area contributed by atoms with Gasteiger partial charge < -0.3 is 24.2 Å². The fourth-order valence-electron chi connectivity index (χ4n) is 3.37. The minimum absolute atomic E-state index is 0.140. The molecule has 3 rings (SSSR count). The van der Waals surface area contributed by atoms with E-state index in [1.807, 2.05) is 0 Å². The zero-order valence-corrected chi connectivity index (χ0v) is 16.7. The van der Waals surface area contributed by atoms with E-state index in [2.05, 4.69) is 4.74 Å². The van der Waals surface area contributed by atoms with Crippen molar-refractivity contribution in [2.45, 2.75) is 6.04 Å².